The van der Waals surface area contributed by atoms with Crippen LogP contribution in [0.1, 0.15) is 21.7 Å². The van der Waals surface area contributed by atoms with Gasteiger partial charge in [0.15, 0.2) is 0 Å². The number of benzene rings is 1. The lowest BCUT2D eigenvalue weighted by molar-refractivity contribution is 0.1000. The molecule has 2 aliphatic rings. The first-order valence-corrected chi connectivity index (χ1v) is 10.9. The van der Waals surface area contributed by atoms with Crippen molar-refractivity contribution in [3.05, 3.63) is 64.1 Å². The standard InChI is InChI=1S/C22H21ClN4OS/c1-24-17-8-9-26(13-17)20-7-6-18(11-25-20)27-12-15-10-19(29-21(15)22(27)28)14-2-4-16(23)5-3-14/h2-7,10-11,17,24H,8-9,12-13H2,1H3/t17-/m0/s1. The summed E-state index contributed by atoms with van der Waals surface area (Å²) < 4.78 is 0. The molecule has 0 aliphatic carbocycles. The fraction of sp³-hybridized carbons (Fsp3) is 0.273. The van der Waals surface area contributed by atoms with E-state index < -0.39 is 0 Å². The van der Waals surface area contributed by atoms with Gasteiger partial charge in [0.05, 0.1) is 23.3 Å². The molecule has 3 aromatic rings. The van der Waals surface area contributed by atoms with E-state index in [1.165, 1.54) is 0 Å². The highest BCUT2D eigenvalue weighted by Gasteiger charge is 2.32. The number of hydrogen-bond acceptors (Lipinski definition) is 5. The number of aromatic nitrogens is 1. The maximum Gasteiger partial charge on any atom is 0.269 e. The van der Waals surface area contributed by atoms with Gasteiger partial charge >= 0.3 is 0 Å². The van der Waals surface area contributed by atoms with E-state index in [1.807, 2.05) is 54.5 Å². The van der Waals surface area contributed by atoms with Crippen LogP contribution in [0.25, 0.3) is 10.4 Å². The zero-order valence-electron chi connectivity index (χ0n) is 16.1. The van der Waals surface area contributed by atoms with Gasteiger partial charge in [-0.2, -0.15) is 0 Å². The molecule has 0 radical (unpaired) electrons. The topological polar surface area (TPSA) is 48.5 Å². The van der Waals surface area contributed by atoms with E-state index in [9.17, 15) is 4.79 Å². The molecule has 5 rings (SSSR count). The van der Waals surface area contributed by atoms with Crippen molar-refractivity contribution in [1.29, 1.82) is 0 Å². The van der Waals surface area contributed by atoms with Gasteiger partial charge in [-0.1, -0.05) is 23.7 Å². The second-order valence-corrected chi connectivity index (χ2v) is 8.95. The number of nitrogens with one attached hydrogen (secondary N) is 1. The lowest BCUT2D eigenvalue weighted by atomic mass is 10.1. The van der Waals surface area contributed by atoms with Crippen molar-refractivity contribution in [1.82, 2.24) is 10.3 Å². The minimum absolute atomic E-state index is 0.0520. The number of hydrogen-bond donors (Lipinski definition) is 1. The van der Waals surface area contributed by atoms with Crippen LogP contribution in [0, 0.1) is 0 Å². The molecule has 1 N–H and O–H groups in total. The highest BCUT2D eigenvalue weighted by atomic mass is 35.5. The van der Waals surface area contributed by atoms with Crippen LogP contribution in [0.3, 0.4) is 0 Å². The number of anilines is 2. The molecule has 0 unspecified atom stereocenters. The van der Waals surface area contributed by atoms with Crippen LogP contribution in [-0.4, -0.2) is 37.1 Å². The van der Waals surface area contributed by atoms with Gasteiger partial charge in [0.2, 0.25) is 0 Å². The molecule has 2 aromatic heterocycles. The van der Waals surface area contributed by atoms with Crippen LogP contribution in [-0.2, 0) is 6.54 Å². The molecule has 1 aromatic carbocycles. The minimum atomic E-state index is 0.0520. The predicted molar refractivity (Wildman–Crippen MR) is 119 cm³/mol. The average Bonchev–Trinajstić information content (AvgIpc) is 3.45. The fourth-order valence-electron chi connectivity index (χ4n) is 3.99. The maximum absolute atomic E-state index is 13.0. The SMILES string of the molecule is CN[C@H]1CCN(c2ccc(N3Cc4cc(-c5ccc(Cl)cc5)sc4C3=O)cn2)C1. The average molecular weight is 425 g/mol. The number of rotatable bonds is 4. The molecule has 5 nitrogen and oxygen atoms in total. The van der Waals surface area contributed by atoms with Crippen LogP contribution in [0.15, 0.2) is 48.7 Å². The lowest BCUT2D eigenvalue weighted by Crippen LogP contribution is -2.30. The van der Waals surface area contributed by atoms with Gasteiger partial charge < -0.3 is 15.1 Å². The quantitative estimate of drug-likeness (QED) is 0.673. The predicted octanol–water partition coefficient (Wildman–Crippen LogP) is 4.42. The van der Waals surface area contributed by atoms with Crippen molar-refractivity contribution in [2.24, 2.45) is 0 Å². The van der Waals surface area contributed by atoms with Gasteiger partial charge in [-0.3, -0.25) is 4.79 Å². The van der Waals surface area contributed by atoms with Crippen LogP contribution in [0.2, 0.25) is 5.02 Å². The molecule has 0 saturated carbocycles. The Morgan fingerprint density at radius 2 is 2.03 bits per heavy atom. The third kappa shape index (κ3) is 3.41. The highest BCUT2D eigenvalue weighted by molar-refractivity contribution is 7.17. The summed E-state index contributed by atoms with van der Waals surface area (Å²) >= 11 is 7.53. The number of halogens is 1. The molecule has 0 bridgehead atoms. The first-order valence-electron chi connectivity index (χ1n) is 9.71. The van der Waals surface area contributed by atoms with E-state index in [2.05, 4.69) is 21.3 Å². The van der Waals surface area contributed by atoms with Gasteiger partial charge in [0, 0.05) is 29.0 Å². The van der Waals surface area contributed by atoms with E-state index in [4.69, 9.17) is 11.6 Å². The molecule has 4 heterocycles. The number of pyridine rings is 1. The second kappa shape index (κ2) is 7.44. The van der Waals surface area contributed by atoms with Crippen LogP contribution in [0.5, 0.6) is 0 Å². The van der Waals surface area contributed by atoms with Crippen molar-refractivity contribution in [2.75, 3.05) is 29.9 Å². The first-order chi connectivity index (χ1) is 14.1. The Hall–Kier alpha value is -2.41. The summed E-state index contributed by atoms with van der Waals surface area (Å²) in [4.78, 5) is 23.6. The minimum Gasteiger partial charge on any atom is -0.355 e. The normalized spacial score (nSPS) is 18.6. The van der Waals surface area contributed by atoms with Crippen molar-refractivity contribution in [3.63, 3.8) is 0 Å². The Balaban J connectivity index is 1.33. The van der Waals surface area contributed by atoms with Crippen LogP contribution < -0.4 is 15.1 Å². The lowest BCUT2D eigenvalue weighted by Gasteiger charge is -2.20. The molecule has 2 aliphatic heterocycles. The van der Waals surface area contributed by atoms with Crippen molar-refractivity contribution in [3.8, 4) is 10.4 Å². The summed E-state index contributed by atoms with van der Waals surface area (Å²) in [6, 6.07) is 14.4. The number of carbonyl (C=O) groups is 1. The third-order valence-electron chi connectivity index (χ3n) is 5.67. The number of amides is 1. The van der Waals surface area contributed by atoms with E-state index in [0.29, 0.717) is 17.6 Å². The Morgan fingerprint density at radius 1 is 1.21 bits per heavy atom. The first kappa shape index (κ1) is 18.6. The summed E-state index contributed by atoms with van der Waals surface area (Å²) in [5.41, 5.74) is 3.01. The van der Waals surface area contributed by atoms with Crippen LogP contribution in [0.4, 0.5) is 11.5 Å². The largest absolute Gasteiger partial charge is 0.355 e. The van der Waals surface area contributed by atoms with Gasteiger partial charge in [0.25, 0.3) is 5.91 Å². The number of nitrogens with zero attached hydrogens (tertiary/aromatic N) is 3. The number of carbonyl (C=O) groups excluding carboxylic acids is 1. The molecule has 148 valence electrons. The number of fused-ring (bicyclic) bond motifs is 1. The Kier molecular flexibility index (Phi) is 4.78. The van der Waals surface area contributed by atoms with E-state index in [0.717, 1.165) is 51.9 Å². The monoisotopic (exact) mass is 424 g/mol. The van der Waals surface area contributed by atoms with E-state index >= 15 is 0 Å². The van der Waals surface area contributed by atoms with Crippen molar-refractivity contribution < 1.29 is 4.79 Å². The highest BCUT2D eigenvalue weighted by Crippen LogP contribution is 2.38. The molecule has 1 fully saturated rings. The molecule has 1 saturated heterocycles. The van der Waals surface area contributed by atoms with Crippen molar-refractivity contribution in [2.45, 2.75) is 19.0 Å². The van der Waals surface area contributed by atoms with Gasteiger partial charge in [-0.15, -0.1) is 11.3 Å². The smallest absolute Gasteiger partial charge is 0.269 e. The Labute approximate surface area is 178 Å². The number of likely N-dealkylation sites (N-methyl/N-ethyl adjacent to an activating group) is 1. The molecule has 29 heavy (non-hydrogen) atoms. The Morgan fingerprint density at radius 3 is 2.69 bits per heavy atom. The molecular weight excluding hydrogens is 404 g/mol. The second-order valence-electron chi connectivity index (χ2n) is 7.46. The van der Waals surface area contributed by atoms with Crippen LogP contribution >= 0.6 is 22.9 Å². The molecule has 7 heteroatoms. The maximum atomic E-state index is 13.0. The van der Waals surface area contributed by atoms with Gasteiger partial charge in [-0.25, -0.2) is 4.98 Å². The fourth-order valence-corrected chi connectivity index (χ4v) is 5.24. The number of thiophene rings is 1. The summed E-state index contributed by atoms with van der Waals surface area (Å²) in [5, 5.41) is 4.04. The summed E-state index contributed by atoms with van der Waals surface area (Å²) in [6.07, 6.45) is 2.94. The van der Waals surface area contributed by atoms with E-state index in [1.54, 1.807) is 11.3 Å². The summed E-state index contributed by atoms with van der Waals surface area (Å²) in [5.74, 6) is 1.02. The molecule has 0 spiro atoms. The molecule has 1 atom stereocenters. The zero-order chi connectivity index (χ0) is 20.0. The summed E-state index contributed by atoms with van der Waals surface area (Å²) in [7, 11) is 2.00. The molecular formula is C22H21ClN4OS. The van der Waals surface area contributed by atoms with Gasteiger partial charge in [-0.05, 0) is 54.9 Å². The molecule has 1 amide bonds. The van der Waals surface area contributed by atoms with Crippen molar-refractivity contribution >= 4 is 40.4 Å². The van der Waals surface area contributed by atoms with E-state index in [-0.39, 0.29) is 5.91 Å². The Bertz CT molecular complexity index is 1050. The zero-order valence-corrected chi connectivity index (χ0v) is 17.6. The summed E-state index contributed by atoms with van der Waals surface area (Å²) in [6.45, 7) is 2.56. The van der Waals surface area contributed by atoms with Gasteiger partial charge in [0.1, 0.15) is 5.82 Å². The third-order valence-corrected chi connectivity index (χ3v) is 7.14.